The molecule has 0 aromatic heterocycles. The third-order valence-electron chi connectivity index (χ3n) is 3.91. The fourth-order valence-corrected chi connectivity index (χ4v) is 3.76. The van der Waals surface area contributed by atoms with Crippen LogP contribution >= 0.6 is 0 Å². The molecule has 1 aliphatic heterocycles. The van der Waals surface area contributed by atoms with Crippen LogP contribution in [0, 0.1) is 5.92 Å². The van der Waals surface area contributed by atoms with Crippen molar-refractivity contribution in [3.8, 4) is 0 Å². The number of hydrazine groups is 1. The fourth-order valence-electron chi connectivity index (χ4n) is 2.82. The lowest BCUT2D eigenvalue weighted by Crippen LogP contribution is -2.48. The molecule has 0 spiro atoms. The summed E-state index contributed by atoms with van der Waals surface area (Å²) in [6.45, 7) is 3.29. The Kier molecular flexibility index (Phi) is 6.68. The maximum Gasteiger partial charge on any atom is 0.211 e. The van der Waals surface area contributed by atoms with Crippen LogP contribution < -0.4 is 11.3 Å². The molecule has 0 aromatic rings. The topological polar surface area (TPSA) is 84.7 Å². The van der Waals surface area contributed by atoms with Crippen LogP contribution in [0.1, 0.15) is 32.6 Å². The van der Waals surface area contributed by atoms with Crippen LogP contribution in [0.15, 0.2) is 0 Å². The van der Waals surface area contributed by atoms with Gasteiger partial charge in [-0.3, -0.25) is 11.3 Å². The van der Waals surface area contributed by atoms with Crippen molar-refractivity contribution in [3.63, 3.8) is 0 Å². The largest absolute Gasteiger partial charge is 0.380 e. The summed E-state index contributed by atoms with van der Waals surface area (Å²) in [4.78, 5) is 0. The first-order valence-electron chi connectivity index (χ1n) is 6.86. The summed E-state index contributed by atoms with van der Waals surface area (Å²) >= 11 is 0. The summed E-state index contributed by atoms with van der Waals surface area (Å²) in [5.74, 6) is 5.94. The zero-order chi connectivity index (χ0) is 14.5. The van der Waals surface area contributed by atoms with Gasteiger partial charge in [-0.2, -0.15) is 0 Å². The smallest absolute Gasteiger partial charge is 0.211 e. The highest BCUT2D eigenvalue weighted by molar-refractivity contribution is 7.88. The lowest BCUT2D eigenvalue weighted by Gasteiger charge is -2.34. The summed E-state index contributed by atoms with van der Waals surface area (Å²) in [5.41, 5.74) is 2.81. The third-order valence-corrected chi connectivity index (χ3v) is 5.18. The van der Waals surface area contributed by atoms with E-state index >= 15 is 0 Å². The summed E-state index contributed by atoms with van der Waals surface area (Å²) < 4.78 is 30.2. The van der Waals surface area contributed by atoms with Gasteiger partial charge in [-0.15, -0.1) is 0 Å². The Balaban J connectivity index is 2.60. The number of hydrogen-bond donors (Lipinski definition) is 2. The van der Waals surface area contributed by atoms with E-state index in [1.807, 2.05) is 0 Å². The molecule has 114 valence electrons. The van der Waals surface area contributed by atoms with Gasteiger partial charge in [0.1, 0.15) is 0 Å². The number of nitrogens with one attached hydrogen (secondary N) is 1. The van der Waals surface area contributed by atoms with Crippen LogP contribution in [0.2, 0.25) is 0 Å². The SMILES string of the molecule is CCC(OC)C(CC1CCCN(S(C)(=O)=O)C1)NN. The molecule has 0 amide bonds. The van der Waals surface area contributed by atoms with E-state index in [1.54, 1.807) is 11.4 Å². The van der Waals surface area contributed by atoms with E-state index in [4.69, 9.17) is 10.6 Å². The monoisotopic (exact) mass is 293 g/mol. The highest BCUT2D eigenvalue weighted by Crippen LogP contribution is 2.24. The Labute approximate surface area is 116 Å². The first kappa shape index (κ1) is 16.8. The van der Waals surface area contributed by atoms with Gasteiger partial charge in [-0.1, -0.05) is 6.92 Å². The molecule has 19 heavy (non-hydrogen) atoms. The Morgan fingerprint density at radius 3 is 2.68 bits per heavy atom. The number of piperidine rings is 1. The predicted molar refractivity (Wildman–Crippen MR) is 76.0 cm³/mol. The van der Waals surface area contributed by atoms with Gasteiger partial charge in [-0.05, 0) is 31.6 Å². The zero-order valence-corrected chi connectivity index (χ0v) is 12.9. The van der Waals surface area contributed by atoms with Crippen LogP contribution in [-0.2, 0) is 14.8 Å². The average molecular weight is 293 g/mol. The maximum atomic E-state index is 11.6. The van der Waals surface area contributed by atoms with E-state index in [0.29, 0.717) is 19.0 Å². The van der Waals surface area contributed by atoms with Gasteiger partial charge < -0.3 is 4.74 Å². The van der Waals surface area contributed by atoms with Gasteiger partial charge >= 0.3 is 0 Å². The molecule has 0 bridgehead atoms. The molecule has 1 aliphatic rings. The van der Waals surface area contributed by atoms with Crippen molar-refractivity contribution in [2.75, 3.05) is 26.5 Å². The quantitative estimate of drug-likeness (QED) is 0.521. The van der Waals surface area contributed by atoms with Crippen molar-refractivity contribution >= 4 is 10.0 Å². The normalized spacial score (nSPS) is 25.2. The molecule has 0 saturated carbocycles. The van der Waals surface area contributed by atoms with Crippen LogP contribution in [-0.4, -0.2) is 51.3 Å². The van der Waals surface area contributed by atoms with E-state index < -0.39 is 10.0 Å². The Morgan fingerprint density at radius 1 is 1.53 bits per heavy atom. The van der Waals surface area contributed by atoms with Crippen LogP contribution in [0.3, 0.4) is 0 Å². The molecule has 0 radical (unpaired) electrons. The first-order chi connectivity index (χ1) is 8.92. The molecule has 1 fully saturated rings. The van der Waals surface area contributed by atoms with Gasteiger partial charge in [0.15, 0.2) is 0 Å². The van der Waals surface area contributed by atoms with Gasteiger partial charge in [0, 0.05) is 26.2 Å². The standard InChI is InChI=1S/C12H27N3O3S/c1-4-12(18-2)11(14-13)8-10-6-5-7-15(9-10)19(3,16)17/h10-12,14H,4-9,13H2,1-3H3. The maximum absolute atomic E-state index is 11.6. The molecule has 1 rings (SSSR count). The molecular weight excluding hydrogens is 266 g/mol. The van der Waals surface area contributed by atoms with Crippen molar-refractivity contribution in [1.82, 2.24) is 9.73 Å². The average Bonchev–Trinajstić information content (AvgIpc) is 2.38. The van der Waals surface area contributed by atoms with Crippen molar-refractivity contribution in [2.24, 2.45) is 11.8 Å². The number of rotatable bonds is 7. The molecule has 0 aromatic carbocycles. The number of ether oxygens (including phenoxy) is 1. The summed E-state index contributed by atoms with van der Waals surface area (Å²) in [6, 6.07) is 0.0690. The molecule has 3 N–H and O–H groups in total. The van der Waals surface area contributed by atoms with E-state index in [2.05, 4.69) is 12.3 Å². The Bertz CT molecular complexity index is 357. The molecule has 3 unspecified atom stereocenters. The number of sulfonamides is 1. The highest BCUT2D eigenvalue weighted by Gasteiger charge is 2.29. The van der Waals surface area contributed by atoms with E-state index in [9.17, 15) is 8.42 Å². The molecule has 0 aliphatic carbocycles. The number of nitrogens with two attached hydrogens (primary N) is 1. The van der Waals surface area contributed by atoms with E-state index in [1.165, 1.54) is 6.26 Å². The lowest BCUT2D eigenvalue weighted by atomic mass is 9.90. The Morgan fingerprint density at radius 2 is 2.21 bits per heavy atom. The summed E-state index contributed by atoms with van der Waals surface area (Å²) in [5, 5.41) is 0. The number of methoxy groups -OCH3 is 1. The predicted octanol–water partition coefficient (Wildman–Crippen LogP) is 0.305. The highest BCUT2D eigenvalue weighted by atomic mass is 32.2. The minimum Gasteiger partial charge on any atom is -0.380 e. The molecule has 7 heteroatoms. The molecular formula is C12H27N3O3S. The lowest BCUT2D eigenvalue weighted by molar-refractivity contribution is 0.0530. The fraction of sp³-hybridized carbons (Fsp3) is 1.00. The van der Waals surface area contributed by atoms with Gasteiger partial charge in [0.05, 0.1) is 12.4 Å². The van der Waals surface area contributed by atoms with Gasteiger partial charge in [0.25, 0.3) is 0 Å². The second kappa shape index (κ2) is 7.54. The van der Waals surface area contributed by atoms with Crippen molar-refractivity contribution in [2.45, 2.75) is 44.8 Å². The minimum atomic E-state index is -3.08. The van der Waals surface area contributed by atoms with Gasteiger partial charge in [0.2, 0.25) is 10.0 Å². The van der Waals surface area contributed by atoms with E-state index in [-0.39, 0.29) is 12.1 Å². The van der Waals surface area contributed by atoms with Gasteiger partial charge in [-0.25, -0.2) is 12.7 Å². The zero-order valence-electron chi connectivity index (χ0n) is 12.1. The minimum absolute atomic E-state index is 0.0682. The van der Waals surface area contributed by atoms with Crippen molar-refractivity contribution in [1.29, 1.82) is 0 Å². The second-order valence-electron chi connectivity index (χ2n) is 5.32. The first-order valence-corrected chi connectivity index (χ1v) is 8.71. The van der Waals surface area contributed by atoms with Crippen LogP contribution in [0.4, 0.5) is 0 Å². The molecule has 1 heterocycles. The molecule has 3 atom stereocenters. The second-order valence-corrected chi connectivity index (χ2v) is 7.30. The van der Waals surface area contributed by atoms with Crippen molar-refractivity contribution in [3.05, 3.63) is 0 Å². The summed E-state index contributed by atoms with van der Waals surface area (Å²) in [7, 11) is -1.40. The van der Waals surface area contributed by atoms with Crippen LogP contribution in [0.25, 0.3) is 0 Å². The molecule has 1 saturated heterocycles. The number of nitrogens with zero attached hydrogens (tertiary/aromatic N) is 1. The Hall–Kier alpha value is -0.210. The van der Waals surface area contributed by atoms with E-state index in [0.717, 1.165) is 25.7 Å². The molecule has 6 nitrogen and oxygen atoms in total. The number of hydrogen-bond acceptors (Lipinski definition) is 5. The summed E-state index contributed by atoms with van der Waals surface area (Å²) in [6.07, 6.45) is 5.03. The van der Waals surface area contributed by atoms with Crippen LogP contribution in [0.5, 0.6) is 0 Å². The third kappa shape index (κ3) is 5.00. The van der Waals surface area contributed by atoms with Crippen molar-refractivity contribution < 1.29 is 13.2 Å².